The molecule has 2 atom stereocenters. The van der Waals surface area contributed by atoms with Crippen LogP contribution in [0.4, 0.5) is 0 Å². The zero-order valence-corrected chi connectivity index (χ0v) is 8.77. The Morgan fingerprint density at radius 3 is 2.87 bits per heavy atom. The van der Waals surface area contributed by atoms with Crippen LogP contribution in [-0.4, -0.2) is 39.2 Å². The van der Waals surface area contributed by atoms with Crippen molar-refractivity contribution in [3.05, 3.63) is 11.4 Å². The minimum atomic E-state index is -0.768. The summed E-state index contributed by atoms with van der Waals surface area (Å²) in [7, 11) is 1.81. The van der Waals surface area contributed by atoms with E-state index in [0.29, 0.717) is 13.1 Å². The molecule has 0 bridgehead atoms. The average molecular weight is 210 g/mol. The highest BCUT2D eigenvalue weighted by Gasteiger charge is 2.36. The molecule has 1 aliphatic rings. The van der Waals surface area contributed by atoms with Gasteiger partial charge < -0.3 is 10.4 Å². The summed E-state index contributed by atoms with van der Waals surface area (Å²) >= 11 is 0. The van der Waals surface area contributed by atoms with Crippen LogP contribution in [0.1, 0.15) is 17.3 Å². The monoisotopic (exact) mass is 210 g/mol. The van der Waals surface area contributed by atoms with Crippen molar-refractivity contribution >= 4 is 5.97 Å². The smallest absolute Gasteiger partial charge is 0.308 e. The molecule has 0 spiro atoms. The van der Waals surface area contributed by atoms with Crippen LogP contribution in [0, 0.1) is 12.8 Å². The first-order valence-electron chi connectivity index (χ1n) is 4.91. The van der Waals surface area contributed by atoms with E-state index in [9.17, 15) is 4.79 Å². The van der Waals surface area contributed by atoms with E-state index in [1.165, 1.54) is 0 Å². The Morgan fingerprint density at radius 1 is 1.60 bits per heavy atom. The summed E-state index contributed by atoms with van der Waals surface area (Å²) in [4.78, 5) is 11.0. The third kappa shape index (κ3) is 1.61. The molecule has 2 heterocycles. The van der Waals surface area contributed by atoms with Gasteiger partial charge in [-0.3, -0.25) is 9.48 Å². The van der Waals surface area contributed by atoms with Crippen LogP contribution in [0.15, 0.2) is 0 Å². The molecule has 1 aliphatic heterocycles. The number of aromatic nitrogens is 3. The molecule has 1 fully saturated rings. The van der Waals surface area contributed by atoms with E-state index in [-0.39, 0.29) is 11.8 Å². The summed E-state index contributed by atoms with van der Waals surface area (Å²) in [6, 6.07) is 0. The minimum absolute atomic E-state index is 0.0591. The van der Waals surface area contributed by atoms with Gasteiger partial charge in [0.2, 0.25) is 0 Å². The van der Waals surface area contributed by atoms with E-state index in [1.54, 1.807) is 4.68 Å². The van der Waals surface area contributed by atoms with Gasteiger partial charge in [-0.15, -0.1) is 5.10 Å². The molecule has 0 radical (unpaired) electrons. The Labute approximate surface area is 87.3 Å². The predicted molar refractivity (Wildman–Crippen MR) is 52.5 cm³/mol. The van der Waals surface area contributed by atoms with Crippen LogP contribution in [0.2, 0.25) is 0 Å². The molecule has 0 aromatic carbocycles. The molecule has 6 heteroatoms. The van der Waals surface area contributed by atoms with Gasteiger partial charge in [0.05, 0.1) is 17.3 Å². The molecule has 0 saturated carbocycles. The van der Waals surface area contributed by atoms with Crippen molar-refractivity contribution in [2.75, 3.05) is 13.1 Å². The fraction of sp³-hybridized carbons (Fsp3) is 0.667. The molecule has 2 N–H and O–H groups in total. The summed E-state index contributed by atoms with van der Waals surface area (Å²) in [6.07, 6.45) is 0. The van der Waals surface area contributed by atoms with Gasteiger partial charge in [0.1, 0.15) is 0 Å². The maximum absolute atomic E-state index is 11.0. The minimum Gasteiger partial charge on any atom is -0.481 e. The summed E-state index contributed by atoms with van der Waals surface area (Å²) in [6.45, 7) is 3.08. The second-order valence-corrected chi connectivity index (χ2v) is 3.89. The number of aliphatic carboxylic acids is 1. The lowest BCUT2D eigenvalue weighted by molar-refractivity contribution is -0.141. The van der Waals surface area contributed by atoms with Crippen LogP contribution in [0.5, 0.6) is 0 Å². The van der Waals surface area contributed by atoms with Crippen molar-refractivity contribution in [1.29, 1.82) is 0 Å². The van der Waals surface area contributed by atoms with Gasteiger partial charge in [0.15, 0.2) is 0 Å². The van der Waals surface area contributed by atoms with Crippen LogP contribution in [-0.2, 0) is 11.8 Å². The Hall–Kier alpha value is -1.43. The first-order chi connectivity index (χ1) is 7.11. The number of rotatable bonds is 2. The van der Waals surface area contributed by atoms with Gasteiger partial charge in [-0.25, -0.2) is 0 Å². The number of hydrogen-bond acceptors (Lipinski definition) is 4. The molecule has 82 valence electrons. The molecule has 2 unspecified atom stereocenters. The number of nitrogens with one attached hydrogen (secondary N) is 1. The van der Waals surface area contributed by atoms with Crippen LogP contribution in [0.3, 0.4) is 0 Å². The molecular weight excluding hydrogens is 196 g/mol. The number of nitrogens with zero attached hydrogens (tertiary/aromatic N) is 3. The maximum atomic E-state index is 11.0. The Morgan fingerprint density at radius 2 is 2.33 bits per heavy atom. The maximum Gasteiger partial charge on any atom is 0.308 e. The summed E-state index contributed by atoms with van der Waals surface area (Å²) < 4.78 is 1.67. The zero-order chi connectivity index (χ0) is 11.0. The van der Waals surface area contributed by atoms with E-state index in [2.05, 4.69) is 15.6 Å². The van der Waals surface area contributed by atoms with E-state index < -0.39 is 5.97 Å². The number of aryl methyl sites for hydroxylation is 1. The van der Waals surface area contributed by atoms with Gasteiger partial charge in [0.25, 0.3) is 0 Å². The van der Waals surface area contributed by atoms with Crippen LogP contribution < -0.4 is 5.32 Å². The van der Waals surface area contributed by atoms with Gasteiger partial charge in [-0.1, -0.05) is 5.21 Å². The first kappa shape index (κ1) is 10.1. The lowest BCUT2D eigenvalue weighted by Crippen LogP contribution is -2.21. The molecule has 1 aromatic rings. The molecule has 0 aliphatic carbocycles. The van der Waals surface area contributed by atoms with E-state index in [1.807, 2.05) is 14.0 Å². The summed E-state index contributed by atoms with van der Waals surface area (Å²) in [5, 5.41) is 20.1. The van der Waals surface area contributed by atoms with E-state index in [0.717, 1.165) is 11.4 Å². The SMILES string of the molecule is Cc1c(C2CNCC2C(=O)O)nnn1C. The topological polar surface area (TPSA) is 80.0 Å². The molecule has 0 amide bonds. The molecule has 6 nitrogen and oxygen atoms in total. The average Bonchev–Trinajstić information content (AvgIpc) is 2.75. The lowest BCUT2D eigenvalue weighted by Gasteiger charge is -2.12. The highest BCUT2D eigenvalue weighted by atomic mass is 16.4. The fourth-order valence-corrected chi connectivity index (χ4v) is 1.99. The molecule has 15 heavy (non-hydrogen) atoms. The zero-order valence-electron chi connectivity index (χ0n) is 8.77. The van der Waals surface area contributed by atoms with Gasteiger partial charge in [-0.2, -0.15) is 0 Å². The summed E-state index contributed by atoms with van der Waals surface area (Å²) in [5.74, 6) is -1.22. The number of carboxylic acid groups (broad SMARTS) is 1. The van der Waals surface area contributed by atoms with Crippen molar-refractivity contribution < 1.29 is 9.90 Å². The van der Waals surface area contributed by atoms with Crippen molar-refractivity contribution in [3.63, 3.8) is 0 Å². The summed E-state index contributed by atoms with van der Waals surface area (Å²) in [5.41, 5.74) is 1.74. The van der Waals surface area contributed by atoms with E-state index >= 15 is 0 Å². The second kappa shape index (κ2) is 3.62. The van der Waals surface area contributed by atoms with Crippen molar-refractivity contribution in [1.82, 2.24) is 20.3 Å². The van der Waals surface area contributed by atoms with Gasteiger partial charge in [0, 0.05) is 26.1 Å². The largest absolute Gasteiger partial charge is 0.481 e. The van der Waals surface area contributed by atoms with Crippen molar-refractivity contribution in [2.45, 2.75) is 12.8 Å². The lowest BCUT2D eigenvalue weighted by atomic mass is 9.92. The molecule has 1 saturated heterocycles. The van der Waals surface area contributed by atoms with Crippen molar-refractivity contribution in [3.8, 4) is 0 Å². The van der Waals surface area contributed by atoms with Gasteiger partial charge in [-0.05, 0) is 6.92 Å². The quantitative estimate of drug-likeness (QED) is 0.688. The Balaban J connectivity index is 2.30. The highest BCUT2D eigenvalue weighted by Crippen LogP contribution is 2.28. The first-order valence-corrected chi connectivity index (χ1v) is 4.91. The third-order valence-corrected chi connectivity index (χ3v) is 3.03. The normalized spacial score (nSPS) is 25.7. The standard InChI is InChI=1S/C9H14N4O2/c1-5-8(11-12-13(5)2)6-3-10-4-7(6)9(14)15/h6-7,10H,3-4H2,1-2H3,(H,14,15). The Bertz CT molecular complexity index is 387. The second-order valence-electron chi connectivity index (χ2n) is 3.89. The molecule has 2 rings (SSSR count). The number of hydrogen-bond donors (Lipinski definition) is 2. The predicted octanol–water partition coefficient (Wildman–Crippen LogP) is -0.489. The third-order valence-electron chi connectivity index (χ3n) is 3.03. The number of carboxylic acids is 1. The molecule has 1 aromatic heterocycles. The van der Waals surface area contributed by atoms with Crippen LogP contribution in [0.25, 0.3) is 0 Å². The molecular formula is C9H14N4O2. The highest BCUT2D eigenvalue weighted by molar-refractivity contribution is 5.72. The van der Waals surface area contributed by atoms with E-state index in [4.69, 9.17) is 5.11 Å². The van der Waals surface area contributed by atoms with Gasteiger partial charge >= 0.3 is 5.97 Å². The van der Waals surface area contributed by atoms with Crippen molar-refractivity contribution in [2.24, 2.45) is 13.0 Å². The van der Waals surface area contributed by atoms with Crippen LogP contribution >= 0.6 is 0 Å². The number of carbonyl (C=O) groups is 1. The Kier molecular flexibility index (Phi) is 2.44. The fourth-order valence-electron chi connectivity index (χ4n) is 1.99.